The molecule has 142 valence electrons. The monoisotopic (exact) mass is 370 g/mol. The van der Waals surface area contributed by atoms with Crippen LogP contribution in [0.1, 0.15) is 35.2 Å². The van der Waals surface area contributed by atoms with E-state index >= 15 is 0 Å². The van der Waals surface area contributed by atoms with Crippen molar-refractivity contribution in [1.29, 1.82) is 0 Å². The maximum Gasteiger partial charge on any atom is 0.322 e. The van der Waals surface area contributed by atoms with Gasteiger partial charge in [0.15, 0.2) is 11.5 Å². The van der Waals surface area contributed by atoms with Crippen molar-refractivity contribution >= 4 is 11.8 Å². The molecule has 1 aromatic heterocycles. The molecule has 0 radical (unpaired) electrons. The number of hydrogen-bond acceptors (Lipinski definition) is 6. The molecule has 2 heterocycles. The van der Waals surface area contributed by atoms with Gasteiger partial charge >= 0.3 is 6.01 Å². The molecule has 27 heavy (non-hydrogen) atoms. The summed E-state index contributed by atoms with van der Waals surface area (Å²) in [7, 11) is 1.54. The second kappa shape index (κ2) is 8.48. The largest absolute Gasteiger partial charge is 0.493 e. The second-order valence-electron chi connectivity index (χ2n) is 6.29. The normalized spacial score (nSPS) is 13.4. The van der Waals surface area contributed by atoms with Crippen LogP contribution in [0.15, 0.2) is 30.6 Å². The minimum absolute atomic E-state index is 0.0789. The van der Waals surface area contributed by atoms with E-state index in [4.69, 9.17) is 15.2 Å². The Morgan fingerprint density at radius 3 is 2.48 bits per heavy atom. The van der Waals surface area contributed by atoms with Crippen molar-refractivity contribution in [1.82, 2.24) is 14.9 Å². The Hall–Kier alpha value is -3.16. The lowest BCUT2D eigenvalue weighted by Gasteiger charge is -2.15. The van der Waals surface area contributed by atoms with Crippen LogP contribution in [0.5, 0.6) is 17.5 Å². The number of benzene rings is 1. The van der Waals surface area contributed by atoms with Gasteiger partial charge in [-0.3, -0.25) is 9.59 Å². The van der Waals surface area contributed by atoms with Gasteiger partial charge in [-0.15, -0.1) is 0 Å². The van der Waals surface area contributed by atoms with Crippen LogP contribution in [0.2, 0.25) is 0 Å². The predicted octanol–water partition coefficient (Wildman–Crippen LogP) is 1.93. The van der Waals surface area contributed by atoms with Crippen molar-refractivity contribution in [2.45, 2.75) is 25.7 Å². The van der Waals surface area contributed by atoms with Crippen molar-refractivity contribution < 1.29 is 19.1 Å². The lowest BCUT2D eigenvalue weighted by atomic mass is 10.1. The Morgan fingerprint density at radius 2 is 1.85 bits per heavy atom. The summed E-state index contributed by atoms with van der Waals surface area (Å²) >= 11 is 0. The van der Waals surface area contributed by atoms with Crippen molar-refractivity contribution in [3.63, 3.8) is 0 Å². The summed E-state index contributed by atoms with van der Waals surface area (Å²) in [6.45, 7) is 1.73. The zero-order valence-corrected chi connectivity index (χ0v) is 15.2. The molecule has 0 spiro atoms. The third-order valence-electron chi connectivity index (χ3n) is 4.43. The van der Waals surface area contributed by atoms with Crippen molar-refractivity contribution in [2.75, 3.05) is 20.2 Å². The fourth-order valence-corrected chi connectivity index (χ4v) is 2.92. The number of likely N-dealkylation sites (tertiary alicyclic amines) is 1. The molecule has 3 rings (SSSR count). The molecule has 1 saturated heterocycles. The van der Waals surface area contributed by atoms with Crippen LogP contribution in [0.25, 0.3) is 0 Å². The average molecular weight is 370 g/mol. The van der Waals surface area contributed by atoms with E-state index in [1.807, 2.05) is 17.0 Å². The Labute approximate surface area is 157 Å². The molecule has 1 aliphatic heterocycles. The summed E-state index contributed by atoms with van der Waals surface area (Å²) in [5, 5.41) is 0. The highest BCUT2D eigenvalue weighted by Gasteiger charge is 2.18. The molecule has 1 aromatic carbocycles. The molecule has 0 saturated carbocycles. The third-order valence-corrected chi connectivity index (χ3v) is 4.43. The Balaban J connectivity index is 1.64. The van der Waals surface area contributed by atoms with Gasteiger partial charge in [0.2, 0.25) is 5.91 Å². The van der Waals surface area contributed by atoms with Crippen LogP contribution in [0.4, 0.5) is 0 Å². The third kappa shape index (κ3) is 4.72. The van der Waals surface area contributed by atoms with Crippen LogP contribution in [-0.2, 0) is 11.2 Å². The van der Waals surface area contributed by atoms with E-state index in [1.54, 1.807) is 13.2 Å². The Kier molecular flexibility index (Phi) is 5.85. The number of primary amides is 1. The quantitative estimate of drug-likeness (QED) is 0.798. The summed E-state index contributed by atoms with van der Waals surface area (Å²) in [5.74, 6) is 0.546. The summed E-state index contributed by atoms with van der Waals surface area (Å²) in [6, 6.07) is 5.55. The summed E-state index contributed by atoms with van der Waals surface area (Å²) < 4.78 is 11.0. The molecular weight excluding hydrogens is 348 g/mol. The first kappa shape index (κ1) is 18.6. The molecule has 0 unspecified atom stereocenters. The molecule has 2 amide bonds. The van der Waals surface area contributed by atoms with E-state index < -0.39 is 5.91 Å². The number of rotatable bonds is 7. The van der Waals surface area contributed by atoms with Gasteiger partial charge in [0, 0.05) is 31.9 Å². The van der Waals surface area contributed by atoms with Gasteiger partial charge in [0.05, 0.1) is 12.7 Å². The number of hydrogen-bond donors (Lipinski definition) is 1. The highest BCUT2D eigenvalue weighted by atomic mass is 16.5. The van der Waals surface area contributed by atoms with Gasteiger partial charge in [0.1, 0.15) is 0 Å². The Bertz CT molecular complexity index is 817. The number of carbonyl (C=O) groups is 2. The molecule has 0 atom stereocenters. The van der Waals surface area contributed by atoms with Gasteiger partial charge in [-0.2, -0.15) is 0 Å². The molecule has 2 N–H and O–H groups in total. The predicted molar refractivity (Wildman–Crippen MR) is 97.8 cm³/mol. The molecule has 8 heteroatoms. The number of nitrogens with zero attached hydrogens (tertiary/aromatic N) is 3. The van der Waals surface area contributed by atoms with Crippen LogP contribution in [0.3, 0.4) is 0 Å². The number of methoxy groups -OCH3 is 1. The summed E-state index contributed by atoms with van der Waals surface area (Å²) in [5.41, 5.74) is 6.35. The lowest BCUT2D eigenvalue weighted by Crippen LogP contribution is -2.27. The minimum Gasteiger partial charge on any atom is -0.493 e. The van der Waals surface area contributed by atoms with Crippen LogP contribution < -0.4 is 15.2 Å². The highest BCUT2D eigenvalue weighted by Crippen LogP contribution is 2.31. The molecular formula is C19H22N4O4. The van der Waals surface area contributed by atoms with Crippen molar-refractivity contribution in [3.8, 4) is 17.5 Å². The second-order valence-corrected chi connectivity index (χ2v) is 6.29. The molecule has 2 aromatic rings. The van der Waals surface area contributed by atoms with E-state index in [2.05, 4.69) is 9.97 Å². The summed E-state index contributed by atoms with van der Waals surface area (Å²) in [6.07, 6.45) is 5.89. The topological polar surface area (TPSA) is 108 Å². The van der Waals surface area contributed by atoms with E-state index in [1.165, 1.54) is 12.4 Å². The Morgan fingerprint density at radius 1 is 1.15 bits per heavy atom. The number of aromatic nitrogens is 2. The number of nitrogens with two attached hydrogens (primary N) is 1. The zero-order valence-electron chi connectivity index (χ0n) is 15.2. The number of ether oxygens (including phenoxy) is 2. The minimum atomic E-state index is -0.605. The first-order valence-corrected chi connectivity index (χ1v) is 8.81. The number of carbonyl (C=O) groups excluding carboxylic acids is 2. The maximum absolute atomic E-state index is 12.2. The van der Waals surface area contributed by atoms with Crippen LogP contribution >= 0.6 is 0 Å². The number of amides is 2. The molecule has 0 aliphatic carbocycles. The highest BCUT2D eigenvalue weighted by molar-refractivity contribution is 5.92. The van der Waals surface area contributed by atoms with Gasteiger partial charge in [0.25, 0.3) is 5.91 Å². The van der Waals surface area contributed by atoms with Crippen LogP contribution in [-0.4, -0.2) is 46.9 Å². The molecule has 1 fully saturated rings. The van der Waals surface area contributed by atoms with Gasteiger partial charge in [-0.1, -0.05) is 6.07 Å². The number of aryl methyl sites for hydroxylation is 1. The molecule has 0 bridgehead atoms. The lowest BCUT2D eigenvalue weighted by molar-refractivity contribution is -0.130. The average Bonchev–Trinajstić information content (AvgIpc) is 3.22. The van der Waals surface area contributed by atoms with Crippen LogP contribution in [0, 0.1) is 0 Å². The fraction of sp³-hybridized carbons (Fsp3) is 0.368. The van der Waals surface area contributed by atoms with Crippen molar-refractivity contribution in [3.05, 3.63) is 41.7 Å². The van der Waals surface area contributed by atoms with E-state index in [0.29, 0.717) is 24.3 Å². The molecule has 1 aliphatic rings. The summed E-state index contributed by atoms with van der Waals surface area (Å²) in [4.78, 5) is 33.1. The van der Waals surface area contributed by atoms with Gasteiger partial charge < -0.3 is 20.1 Å². The smallest absolute Gasteiger partial charge is 0.322 e. The maximum atomic E-state index is 12.2. The first-order chi connectivity index (χ1) is 13.1. The molecule has 8 nitrogen and oxygen atoms in total. The first-order valence-electron chi connectivity index (χ1n) is 8.81. The fourth-order valence-electron chi connectivity index (χ4n) is 2.92. The van der Waals surface area contributed by atoms with Gasteiger partial charge in [-0.25, -0.2) is 9.97 Å². The van der Waals surface area contributed by atoms with E-state index in [9.17, 15) is 9.59 Å². The standard InChI is InChI=1S/C19H22N4O4/c1-26-16-10-13(5-7-17(24)23-8-2-3-9-23)4-6-15(16)27-19-21-11-14(12-22-19)18(20)25/h4,6,10-12H,2-3,5,7-9H2,1H3,(H2,20,25). The van der Waals surface area contributed by atoms with E-state index in [0.717, 1.165) is 31.5 Å². The van der Waals surface area contributed by atoms with Crippen molar-refractivity contribution in [2.24, 2.45) is 5.73 Å². The SMILES string of the molecule is COc1cc(CCC(=O)N2CCCC2)ccc1Oc1ncc(C(N)=O)cn1. The van der Waals surface area contributed by atoms with Gasteiger partial charge in [-0.05, 0) is 37.0 Å². The van der Waals surface area contributed by atoms with E-state index in [-0.39, 0.29) is 17.5 Å². The zero-order chi connectivity index (χ0) is 19.2.